The average Bonchev–Trinajstić information content (AvgIpc) is 2.85. The smallest absolute Gasteiger partial charge is 0.128 e. The SMILES string of the molecule is CCCNC(c1ccccc1F)C1CCCS1. The molecule has 0 bridgehead atoms. The second kappa shape index (κ2) is 6.41. The predicted molar refractivity (Wildman–Crippen MR) is 72.9 cm³/mol. The van der Waals surface area contributed by atoms with Gasteiger partial charge >= 0.3 is 0 Å². The normalized spacial score (nSPS) is 21.6. The van der Waals surface area contributed by atoms with Crippen molar-refractivity contribution in [2.45, 2.75) is 37.5 Å². The van der Waals surface area contributed by atoms with Crippen molar-refractivity contribution in [3.05, 3.63) is 35.6 Å². The molecular formula is C14H20FNS. The molecule has 3 heteroatoms. The van der Waals surface area contributed by atoms with Crippen molar-refractivity contribution in [1.29, 1.82) is 0 Å². The minimum Gasteiger partial charge on any atom is -0.309 e. The molecule has 0 amide bonds. The van der Waals surface area contributed by atoms with Gasteiger partial charge in [0.05, 0.1) is 0 Å². The van der Waals surface area contributed by atoms with Crippen molar-refractivity contribution in [1.82, 2.24) is 5.32 Å². The van der Waals surface area contributed by atoms with Gasteiger partial charge in [-0.3, -0.25) is 0 Å². The molecule has 1 saturated heterocycles. The van der Waals surface area contributed by atoms with E-state index in [2.05, 4.69) is 12.2 Å². The predicted octanol–water partition coefficient (Wildman–Crippen LogP) is 3.76. The molecular weight excluding hydrogens is 233 g/mol. The van der Waals surface area contributed by atoms with Gasteiger partial charge in [0.25, 0.3) is 0 Å². The molecule has 1 aliphatic heterocycles. The van der Waals surface area contributed by atoms with Crippen LogP contribution in [0.2, 0.25) is 0 Å². The zero-order valence-electron chi connectivity index (χ0n) is 10.3. The first kappa shape index (κ1) is 12.9. The Kier molecular flexibility index (Phi) is 4.86. The third kappa shape index (κ3) is 3.23. The van der Waals surface area contributed by atoms with Crippen molar-refractivity contribution >= 4 is 11.8 Å². The van der Waals surface area contributed by atoms with Crippen LogP contribution in [0.25, 0.3) is 0 Å². The van der Waals surface area contributed by atoms with Gasteiger partial charge in [0, 0.05) is 16.9 Å². The van der Waals surface area contributed by atoms with E-state index in [-0.39, 0.29) is 11.9 Å². The number of halogens is 1. The summed E-state index contributed by atoms with van der Waals surface area (Å²) in [4.78, 5) is 0. The van der Waals surface area contributed by atoms with Crippen LogP contribution >= 0.6 is 11.8 Å². The van der Waals surface area contributed by atoms with Gasteiger partial charge in [-0.15, -0.1) is 0 Å². The highest BCUT2D eigenvalue weighted by molar-refractivity contribution is 8.00. The molecule has 17 heavy (non-hydrogen) atoms. The van der Waals surface area contributed by atoms with E-state index in [1.807, 2.05) is 23.9 Å². The minimum absolute atomic E-state index is 0.0754. The molecule has 0 radical (unpaired) electrons. The molecule has 94 valence electrons. The molecule has 1 fully saturated rings. The summed E-state index contributed by atoms with van der Waals surface area (Å²) in [5.74, 6) is 1.14. The molecule has 1 aromatic rings. The van der Waals surface area contributed by atoms with Crippen molar-refractivity contribution in [2.24, 2.45) is 0 Å². The zero-order valence-corrected chi connectivity index (χ0v) is 11.1. The molecule has 0 spiro atoms. The van der Waals surface area contributed by atoms with Gasteiger partial charge in [-0.1, -0.05) is 25.1 Å². The summed E-state index contributed by atoms with van der Waals surface area (Å²) in [5.41, 5.74) is 0.834. The molecule has 0 saturated carbocycles. The Morgan fingerprint density at radius 2 is 2.29 bits per heavy atom. The summed E-state index contributed by atoms with van der Waals surface area (Å²) in [7, 11) is 0. The first-order valence-electron chi connectivity index (χ1n) is 6.42. The van der Waals surface area contributed by atoms with Crippen molar-refractivity contribution in [2.75, 3.05) is 12.3 Å². The summed E-state index contributed by atoms with van der Waals surface area (Å²) >= 11 is 1.98. The van der Waals surface area contributed by atoms with Crippen molar-refractivity contribution < 1.29 is 4.39 Å². The van der Waals surface area contributed by atoms with E-state index in [4.69, 9.17) is 0 Å². The highest BCUT2D eigenvalue weighted by Crippen LogP contribution is 2.36. The Labute approximate surface area is 107 Å². The van der Waals surface area contributed by atoms with Gasteiger partial charge in [-0.2, -0.15) is 11.8 Å². The standard InChI is InChI=1S/C14H20FNS/c1-2-9-16-14(13-8-5-10-17-13)11-6-3-4-7-12(11)15/h3-4,6-7,13-14,16H,2,5,8-10H2,1H3. The summed E-state index contributed by atoms with van der Waals surface area (Å²) in [5, 5.41) is 4.03. The second-order valence-electron chi connectivity index (χ2n) is 4.50. The van der Waals surface area contributed by atoms with Crippen molar-refractivity contribution in [3.63, 3.8) is 0 Å². The van der Waals surface area contributed by atoms with E-state index in [0.717, 1.165) is 18.5 Å². The monoisotopic (exact) mass is 253 g/mol. The molecule has 1 N–H and O–H groups in total. The maximum absolute atomic E-state index is 13.9. The van der Waals surface area contributed by atoms with Crippen LogP contribution in [0.4, 0.5) is 4.39 Å². The van der Waals surface area contributed by atoms with E-state index < -0.39 is 0 Å². The van der Waals surface area contributed by atoms with Gasteiger partial charge in [0.2, 0.25) is 0 Å². The first-order chi connectivity index (χ1) is 8.33. The van der Waals surface area contributed by atoms with Crippen LogP contribution in [0.15, 0.2) is 24.3 Å². The molecule has 1 nitrogen and oxygen atoms in total. The molecule has 2 rings (SSSR count). The molecule has 1 aromatic carbocycles. The number of nitrogens with one attached hydrogen (secondary N) is 1. The van der Waals surface area contributed by atoms with Crippen molar-refractivity contribution in [3.8, 4) is 0 Å². The molecule has 1 heterocycles. The maximum Gasteiger partial charge on any atom is 0.128 e. The summed E-state index contributed by atoms with van der Waals surface area (Å²) in [6, 6.07) is 7.34. The van der Waals surface area contributed by atoms with Crippen LogP contribution in [0, 0.1) is 5.82 Å². The van der Waals surface area contributed by atoms with Crippen LogP contribution in [0.1, 0.15) is 37.8 Å². The number of hydrogen-bond acceptors (Lipinski definition) is 2. The van der Waals surface area contributed by atoms with Gasteiger partial charge < -0.3 is 5.32 Å². The van der Waals surface area contributed by atoms with Crippen LogP contribution in [0.3, 0.4) is 0 Å². The fraction of sp³-hybridized carbons (Fsp3) is 0.571. The lowest BCUT2D eigenvalue weighted by Crippen LogP contribution is -2.30. The minimum atomic E-state index is -0.0754. The lowest BCUT2D eigenvalue weighted by atomic mass is 10.00. The van der Waals surface area contributed by atoms with Crippen LogP contribution in [-0.4, -0.2) is 17.5 Å². The van der Waals surface area contributed by atoms with E-state index >= 15 is 0 Å². The highest BCUT2D eigenvalue weighted by atomic mass is 32.2. The van der Waals surface area contributed by atoms with E-state index in [9.17, 15) is 4.39 Å². The molecule has 1 aliphatic rings. The number of rotatable bonds is 5. The Morgan fingerprint density at radius 3 is 2.94 bits per heavy atom. The topological polar surface area (TPSA) is 12.0 Å². The fourth-order valence-electron chi connectivity index (χ4n) is 2.33. The lowest BCUT2D eigenvalue weighted by molar-refractivity contribution is 0.478. The largest absolute Gasteiger partial charge is 0.309 e. The Bertz CT molecular complexity index is 350. The summed E-state index contributed by atoms with van der Waals surface area (Å²) < 4.78 is 13.9. The summed E-state index contributed by atoms with van der Waals surface area (Å²) in [6.45, 7) is 3.10. The molecule has 0 aromatic heterocycles. The lowest BCUT2D eigenvalue weighted by Gasteiger charge is -2.25. The van der Waals surface area contributed by atoms with E-state index in [1.54, 1.807) is 12.1 Å². The van der Waals surface area contributed by atoms with Gasteiger partial charge in [-0.05, 0) is 37.6 Å². The maximum atomic E-state index is 13.9. The number of benzene rings is 1. The fourth-order valence-corrected chi connectivity index (χ4v) is 3.74. The van der Waals surface area contributed by atoms with Crippen LogP contribution in [-0.2, 0) is 0 Å². The number of thioether (sulfide) groups is 1. The first-order valence-corrected chi connectivity index (χ1v) is 7.47. The van der Waals surface area contributed by atoms with E-state index in [1.165, 1.54) is 18.6 Å². The quantitative estimate of drug-likeness (QED) is 0.857. The second-order valence-corrected chi connectivity index (χ2v) is 5.85. The molecule has 0 aliphatic carbocycles. The number of hydrogen-bond donors (Lipinski definition) is 1. The summed E-state index contributed by atoms with van der Waals surface area (Å²) in [6.07, 6.45) is 3.54. The van der Waals surface area contributed by atoms with Crippen LogP contribution < -0.4 is 5.32 Å². The highest BCUT2D eigenvalue weighted by Gasteiger charge is 2.28. The Balaban J connectivity index is 2.16. The molecule has 2 unspecified atom stereocenters. The Morgan fingerprint density at radius 1 is 1.47 bits per heavy atom. The third-order valence-corrected chi connectivity index (χ3v) is 4.65. The van der Waals surface area contributed by atoms with E-state index in [0.29, 0.717) is 5.25 Å². The average molecular weight is 253 g/mol. The van der Waals surface area contributed by atoms with Crippen LogP contribution in [0.5, 0.6) is 0 Å². The van der Waals surface area contributed by atoms with Gasteiger partial charge in [-0.25, -0.2) is 4.39 Å². The third-order valence-electron chi connectivity index (χ3n) is 3.19. The molecule has 2 atom stereocenters. The zero-order chi connectivity index (χ0) is 12.1. The van der Waals surface area contributed by atoms with Gasteiger partial charge in [0.1, 0.15) is 5.82 Å². The Hall–Kier alpha value is -0.540. The van der Waals surface area contributed by atoms with Gasteiger partial charge in [0.15, 0.2) is 0 Å².